The van der Waals surface area contributed by atoms with Gasteiger partial charge in [0.05, 0.1) is 5.69 Å². The second-order valence-electron chi connectivity index (χ2n) is 4.38. The third-order valence-corrected chi connectivity index (χ3v) is 2.88. The van der Waals surface area contributed by atoms with Crippen LogP contribution >= 0.6 is 0 Å². The van der Waals surface area contributed by atoms with Crippen LogP contribution in [0.25, 0.3) is 11.4 Å². The van der Waals surface area contributed by atoms with Gasteiger partial charge in [0, 0.05) is 18.0 Å². The number of nitrogens with zero attached hydrogens (tertiary/aromatic N) is 3. The smallest absolute Gasteiger partial charge is 0.348 e. The van der Waals surface area contributed by atoms with Gasteiger partial charge in [0.15, 0.2) is 0 Å². The summed E-state index contributed by atoms with van der Waals surface area (Å²) in [6.07, 6.45) is 1.66. The highest BCUT2D eigenvalue weighted by Gasteiger charge is 2.13. The maximum absolute atomic E-state index is 12.2. The molecule has 0 aliphatic carbocycles. The molecule has 0 fully saturated rings. The number of nitrogens with two attached hydrogens (primary N) is 1. The first-order valence-electron chi connectivity index (χ1n) is 6.37. The molecule has 2 aromatic heterocycles. The van der Waals surface area contributed by atoms with Crippen molar-refractivity contribution in [1.29, 1.82) is 0 Å². The monoisotopic (exact) mass is 279 g/mol. The third-order valence-electron chi connectivity index (χ3n) is 2.88. The molecule has 0 saturated heterocycles. The molecule has 21 heavy (non-hydrogen) atoms. The number of nitrogens with one attached hydrogen (secondary N) is 1. The van der Waals surface area contributed by atoms with E-state index in [0.717, 1.165) is 4.68 Å². The number of aromatic nitrogens is 3. The predicted octanol–water partition coefficient (Wildman–Crippen LogP) is 2.61. The van der Waals surface area contributed by atoms with Gasteiger partial charge in [-0.25, -0.2) is 4.79 Å². The van der Waals surface area contributed by atoms with Gasteiger partial charge >= 0.3 is 6.03 Å². The van der Waals surface area contributed by atoms with E-state index in [1.165, 1.54) is 0 Å². The average molecular weight is 279 g/mol. The second-order valence-corrected chi connectivity index (χ2v) is 4.38. The molecule has 0 aliphatic rings. The number of anilines is 2. The molecule has 3 N–H and O–H groups in total. The lowest BCUT2D eigenvalue weighted by Gasteiger charge is -2.05. The summed E-state index contributed by atoms with van der Waals surface area (Å²) in [5.74, 6) is 0.254. The molecule has 3 rings (SSSR count). The van der Waals surface area contributed by atoms with Crippen molar-refractivity contribution in [2.45, 2.75) is 0 Å². The Balaban J connectivity index is 1.86. The molecule has 0 aliphatic heterocycles. The lowest BCUT2D eigenvalue weighted by Crippen LogP contribution is -2.22. The van der Waals surface area contributed by atoms with Gasteiger partial charge < -0.3 is 11.1 Å². The van der Waals surface area contributed by atoms with Crippen LogP contribution in [0.4, 0.5) is 16.3 Å². The molecule has 0 bridgehead atoms. The summed E-state index contributed by atoms with van der Waals surface area (Å²) >= 11 is 0. The van der Waals surface area contributed by atoms with Crippen LogP contribution in [0.1, 0.15) is 0 Å². The van der Waals surface area contributed by atoms with Crippen molar-refractivity contribution < 1.29 is 4.79 Å². The van der Waals surface area contributed by atoms with Crippen molar-refractivity contribution in [3.05, 3.63) is 60.8 Å². The standard InChI is InChI=1S/C15H13N5O/c16-14-10-13(12-8-4-5-9-17-12)19-20(14)15(21)18-11-6-2-1-3-7-11/h1-10H,16H2,(H,18,21). The molecule has 0 spiro atoms. The summed E-state index contributed by atoms with van der Waals surface area (Å²) in [5.41, 5.74) is 7.74. The van der Waals surface area contributed by atoms with Crippen molar-refractivity contribution >= 4 is 17.5 Å². The van der Waals surface area contributed by atoms with Crippen molar-refractivity contribution in [2.75, 3.05) is 11.1 Å². The number of para-hydroxylation sites is 1. The summed E-state index contributed by atoms with van der Waals surface area (Å²) in [5, 5.41) is 6.92. The van der Waals surface area contributed by atoms with E-state index in [4.69, 9.17) is 5.73 Å². The van der Waals surface area contributed by atoms with Crippen LogP contribution in [0.15, 0.2) is 60.8 Å². The van der Waals surface area contributed by atoms with Crippen molar-refractivity contribution in [2.24, 2.45) is 0 Å². The molecule has 1 amide bonds. The van der Waals surface area contributed by atoms with E-state index in [2.05, 4.69) is 15.4 Å². The largest absolute Gasteiger partial charge is 0.383 e. The average Bonchev–Trinajstić information content (AvgIpc) is 2.91. The predicted molar refractivity (Wildman–Crippen MR) is 80.7 cm³/mol. The van der Waals surface area contributed by atoms with Gasteiger partial charge in [0.2, 0.25) is 0 Å². The minimum absolute atomic E-state index is 0.254. The van der Waals surface area contributed by atoms with Gasteiger partial charge in [-0.3, -0.25) is 4.98 Å². The first-order valence-corrected chi connectivity index (χ1v) is 6.37. The fourth-order valence-electron chi connectivity index (χ4n) is 1.90. The molecule has 1 aromatic carbocycles. The fraction of sp³-hybridized carbons (Fsp3) is 0. The summed E-state index contributed by atoms with van der Waals surface area (Å²) in [4.78, 5) is 16.4. The number of rotatable bonds is 2. The first kappa shape index (κ1) is 12.9. The topological polar surface area (TPSA) is 85.8 Å². The van der Waals surface area contributed by atoms with Crippen LogP contribution in [-0.4, -0.2) is 20.8 Å². The Morgan fingerprint density at radius 1 is 1.05 bits per heavy atom. The van der Waals surface area contributed by atoms with E-state index in [1.54, 1.807) is 30.5 Å². The van der Waals surface area contributed by atoms with Crippen molar-refractivity contribution in [3.8, 4) is 11.4 Å². The van der Waals surface area contributed by atoms with Gasteiger partial charge in [-0.2, -0.15) is 9.78 Å². The van der Waals surface area contributed by atoms with Crippen molar-refractivity contribution in [3.63, 3.8) is 0 Å². The minimum Gasteiger partial charge on any atom is -0.383 e. The number of carbonyl (C=O) groups is 1. The molecule has 104 valence electrons. The lowest BCUT2D eigenvalue weighted by molar-refractivity contribution is 0.251. The Morgan fingerprint density at radius 2 is 1.81 bits per heavy atom. The molecule has 0 atom stereocenters. The Kier molecular flexibility index (Phi) is 3.34. The van der Waals surface area contributed by atoms with E-state index < -0.39 is 6.03 Å². The Bertz CT molecular complexity index is 752. The Morgan fingerprint density at radius 3 is 2.52 bits per heavy atom. The fourth-order valence-corrected chi connectivity index (χ4v) is 1.90. The van der Waals surface area contributed by atoms with Crippen LogP contribution in [0.2, 0.25) is 0 Å². The molecule has 0 unspecified atom stereocenters. The summed E-state index contributed by atoms with van der Waals surface area (Å²) < 4.78 is 1.12. The van der Waals surface area contributed by atoms with E-state index >= 15 is 0 Å². The normalized spacial score (nSPS) is 10.3. The van der Waals surface area contributed by atoms with Crippen LogP contribution in [0.3, 0.4) is 0 Å². The first-order chi connectivity index (χ1) is 10.2. The lowest BCUT2D eigenvalue weighted by atomic mass is 10.3. The quantitative estimate of drug-likeness (QED) is 0.755. The summed E-state index contributed by atoms with van der Waals surface area (Å²) in [6, 6.07) is 15.8. The molecule has 0 radical (unpaired) electrons. The Labute approximate surface area is 121 Å². The van der Waals surface area contributed by atoms with E-state index in [-0.39, 0.29) is 5.82 Å². The number of pyridine rings is 1. The molecular weight excluding hydrogens is 266 g/mol. The maximum atomic E-state index is 12.2. The highest BCUT2D eigenvalue weighted by Crippen LogP contribution is 2.18. The van der Waals surface area contributed by atoms with Crippen LogP contribution in [0, 0.1) is 0 Å². The molecule has 6 heteroatoms. The number of carbonyl (C=O) groups excluding carboxylic acids is 1. The molecule has 3 aromatic rings. The van der Waals surface area contributed by atoms with Gasteiger partial charge in [-0.15, -0.1) is 0 Å². The van der Waals surface area contributed by atoms with E-state index in [0.29, 0.717) is 17.1 Å². The van der Waals surface area contributed by atoms with Crippen molar-refractivity contribution in [1.82, 2.24) is 14.8 Å². The molecule has 6 nitrogen and oxygen atoms in total. The Hall–Kier alpha value is -3.15. The third kappa shape index (κ3) is 2.74. The second kappa shape index (κ2) is 5.46. The maximum Gasteiger partial charge on any atom is 0.348 e. The molecular formula is C15H13N5O. The van der Waals surface area contributed by atoms with Gasteiger partial charge in [0.25, 0.3) is 0 Å². The number of benzene rings is 1. The van der Waals surface area contributed by atoms with Crippen LogP contribution in [-0.2, 0) is 0 Å². The summed E-state index contributed by atoms with van der Waals surface area (Å²) in [6.45, 7) is 0. The zero-order chi connectivity index (χ0) is 14.7. The number of amides is 1. The zero-order valence-corrected chi connectivity index (χ0v) is 11.1. The SMILES string of the molecule is Nc1cc(-c2ccccn2)nn1C(=O)Nc1ccccc1. The van der Waals surface area contributed by atoms with Crippen LogP contribution in [0.5, 0.6) is 0 Å². The zero-order valence-electron chi connectivity index (χ0n) is 11.1. The summed E-state index contributed by atoms with van der Waals surface area (Å²) in [7, 11) is 0. The van der Waals surface area contributed by atoms with E-state index in [9.17, 15) is 4.79 Å². The van der Waals surface area contributed by atoms with Gasteiger partial charge in [-0.05, 0) is 24.3 Å². The molecule has 2 heterocycles. The van der Waals surface area contributed by atoms with Gasteiger partial charge in [0.1, 0.15) is 11.5 Å². The highest BCUT2D eigenvalue weighted by molar-refractivity contribution is 5.92. The number of hydrogen-bond donors (Lipinski definition) is 2. The molecule has 0 saturated carbocycles. The number of nitrogen functional groups attached to an aromatic ring is 1. The highest BCUT2D eigenvalue weighted by atomic mass is 16.2. The van der Waals surface area contributed by atoms with E-state index in [1.807, 2.05) is 30.3 Å². The van der Waals surface area contributed by atoms with Crippen LogP contribution < -0.4 is 11.1 Å². The number of hydrogen-bond acceptors (Lipinski definition) is 4. The minimum atomic E-state index is -0.416. The van der Waals surface area contributed by atoms with Gasteiger partial charge in [-0.1, -0.05) is 24.3 Å².